The molecule has 3 aromatic rings. The lowest BCUT2D eigenvalue weighted by molar-refractivity contribution is 0.173. The van der Waals surface area contributed by atoms with E-state index in [0.717, 1.165) is 15.8 Å². The number of methoxy groups -OCH3 is 1. The molecule has 0 saturated heterocycles. The van der Waals surface area contributed by atoms with E-state index in [1.54, 1.807) is 7.11 Å². The number of ether oxygens (including phenoxy) is 1. The number of nitrogens with zero attached hydrogens (tertiary/aromatic N) is 4. The highest BCUT2D eigenvalue weighted by Crippen LogP contribution is 2.18. The predicted octanol–water partition coefficient (Wildman–Crippen LogP) is 1.75. The van der Waals surface area contributed by atoms with E-state index in [1.165, 1.54) is 12.3 Å². The van der Waals surface area contributed by atoms with E-state index >= 15 is 0 Å². The first-order valence-corrected chi connectivity index (χ1v) is 8.23. The Hall–Kier alpha value is -2.55. The molecule has 1 atom stereocenters. The molecule has 0 amide bonds. The molecule has 2 heterocycles. The van der Waals surface area contributed by atoms with Gasteiger partial charge in [0.25, 0.3) is 5.56 Å². The van der Waals surface area contributed by atoms with Gasteiger partial charge >= 0.3 is 0 Å². The smallest absolute Gasteiger partial charge is 0.285 e. The van der Waals surface area contributed by atoms with Crippen LogP contribution in [0, 0.1) is 0 Å². The molecule has 0 spiro atoms. The Morgan fingerprint density at radius 2 is 2.08 bits per heavy atom. The average Bonchev–Trinajstić information content (AvgIpc) is 3.07. The van der Waals surface area contributed by atoms with Crippen LogP contribution < -0.4 is 5.56 Å². The van der Waals surface area contributed by atoms with Crippen molar-refractivity contribution in [2.45, 2.75) is 25.7 Å². The quantitative estimate of drug-likeness (QED) is 0.669. The van der Waals surface area contributed by atoms with Crippen molar-refractivity contribution in [2.24, 2.45) is 0 Å². The lowest BCUT2D eigenvalue weighted by Gasteiger charge is -2.09. The molecular weight excluding hydrogens is 360 g/mol. The number of aliphatic hydroxyl groups is 1. The van der Waals surface area contributed by atoms with Gasteiger partial charge in [-0.15, -0.1) is 0 Å². The summed E-state index contributed by atoms with van der Waals surface area (Å²) in [6.07, 6.45) is 0.826. The fraction of sp³-hybridized carbons (Fsp3) is 0.294. The van der Waals surface area contributed by atoms with Gasteiger partial charge in [-0.3, -0.25) is 4.79 Å². The number of benzene rings is 1. The van der Waals surface area contributed by atoms with Gasteiger partial charge in [-0.05, 0) is 17.2 Å². The van der Waals surface area contributed by atoms with Crippen molar-refractivity contribution in [3.63, 3.8) is 0 Å². The molecule has 26 heavy (non-hydrogen) atoms. The number of halogens is 1. The fourth-order valence-corrected chi connectivity index (χ4v) is 2.55. The van der Waals surface area contributed by atoms with Gasteiger partial charge in [0.05, 0.1) is 12.7 Å². The zero-order valence-electron chi connectivity index (χ0n) is 14.0. The van der Waals surface area contributed by atoms with Crippen LogP contribution in [-0.2, 0) is 24.3 Å². The number of rotatable bonds is 7. The summed E-state index contributed by atoms with van der Waals surface area (Å²) < 4.78 is 11.3. The summed E-state index contributed by atoms with van der Waals surface area (Å²) in [5, 5.41) is 18.1. The van der Waals surface area contributed by atoms with Crippen LogP contribution in [0.5, 0.6) is 0 Å². The summed E-state index contributed by atoms with van der Waals surface area (Å²) in [4.78, 5) is 16.0. The molecule has 1 aromatic carbocycles. The molecule has 136 valence electrons. The van der Waals surface area contributed by atoms with Crippen LogP contribution in [0.2, 0.25) is 5.02 Å². The molecule has 0 bridgehead atoms. The van der Waals surface area contributed by atoms with E-state index in [0.29, 0.717) is 12.4 Å². The van der Waals surface area contributed by atoms with E-state index in [4.69, 9.17) is 20.9 Å². The molecule has 3 rings (SSSR count). The normalized spacial score (nSPS) is 12.3. The maximum absolute atomic E-state index is 11.8. The fourth-order valence-electron chi connectivity index (χ4n) is 2.40. The van der Waals surface area contributed by atoms with E-state index in [2.05, 4.69) is 15.2 Å². The molecule has 1 N–H and O–H groups in total. The van der Waals surface area contributed by atoms with Crippen molar-refractivity contribution in [3.8, 4) is 0 Å². The number of hydrogen-bond acceptors (Lipinski definition) is 7. The second-order valence-corrected chi connectivity index (χ2v) is 6.05. The van der Waals surface area contributed by atoms with Crippen LogP contribution in [0.3, 0.4) is 0 Å². The Morgan fingerprint density at radius 3 is 2.81 bits per heavy atom. The molecule has 0 aliphatic carbocycles. The molecule has 0 aliphatic heterocycles. The van der Waals surface area contributed by atoms with Crippen LogP contribution in [-0.4, -0.2) is 32.1 Å². The molecule has 0 saturated carbocycles. The molecule has 2 aromatic heterocycles. The molecule has 0 unspecified atom stereocenters. The molecule has 0 aliphatic rings. The monoisotopic (exact) mass is 376 g/mol. The third kappa shape index (κ3) is 4.34. The molecule has 0 fully saturated rings. The van der Waals surface area contributed by atoms with Gasteiger partial charge in [0.15, 0.2) is 5.82 Å². The van der Waals surface area contributed by atoms with Crippen LogP contribution in [0.25, 0.3) is 0 Å². The first-order chi connectivity index (χ1) is 12.6. The summed E-state index contributed by atoms with van der Waals surface area (Å²) in [5.74, 6) is 0.544. The standard InChI is InChI=1S/C17H17ClN4O4/c1-25-10-11-2-4-12(5-3-11)14(23)8-15-20-16(26-21-15)9-22-17(24)13(18)6-7-19-22/h2-7,14,23H,8-10H2,1H3/t14-/m0/s1. The van der Waals surface area contributed by atoms with Crippen molar-refractivity contribution in [3.05, 3.63) is 74.7 Å². The van der Waals surface area contributed by atoms with E-state index in [1.807, 2.05) is 24.3 Å². The van der Waals surface area contributed by atoms with Crippen LogP contribution in [0.4, 0.5) is 0 Å². The topological polar surface area (TPSA) is 103 Å². The summed E-state index contributed by atoms with van der Waals surface area (Å²) in [6.45, 7) is 0.523. The summed E-state index contributed by atoms with van der Waals surface area (Å²) >= 11 is 5.77. The average molecular weight is 377 g/mol. The summed E-state index contributed by atoms with van der Waals surface area (Å²) in [5.41, 5.74) is 1.32. The Balaban J connectivity index is 1.66. The highest BCUT2D eigenvalue weighted by molar-refractivity contribution is 6.30. The zero-order valence-corrected chi connectivity index (χ0v) is 14.8. The number of aliphatic hydroxyl groups excluding tert-OH is 1. The SMILES string of the molecule is COCc1ccc([C@@H](O)Cc2noc(Cn3nccc(Cl)c3=O)n2)cc1. The Bertz CT molecular complexity index is 923. The first-order valence-electron chi connectivity index (χ1n) is 7.85. The molecule has 0 radical (unpaired) electrons. The predicted molar refractivity (Wildman–Crippen MR) is 92.7 cm³/mol. The number of aromatic nitrogens is 4. The Labute approximate surface area is 154 Å². The van der Waals surface area contributed by atoms with Crippen molar-refractivity contribution in [2.75, 3.05) is 7.11 Å². The Morgan fingerprint density at radius 1 is 1.31 bits per heavy atom. The highest BCUT2D eigenvalue weighted by atomic mass is 35.5. The largest absolute Gasteiger partial charge is 0.388 e. The first kappa shape index (κ1) is 18.2. The van der Waals surface area contributed by atoms with Gasteiger partial charge in [-0.2, -0.15) is 10.1 Å². The minimum atomic E-state index is -0.774. The molecule has 9 heteroatoms. The second kappa shape index (κ2) is 8.22. The highest BCUT2D eigenvalue weighted by Gasteiger charge is 2.15. The van der Waals surface area contributed by atoms with Crippen molar-refractivity contribution >= 4 is 11.6 Å². The van der Waals surface area contributed by atoms with E-state index < -0.39 is 11.7 Å². The lowest BCUT2D eigenvalue weighted by Crippen LogP contribution is -2.23. The third-order valence-electron chi connectivity index (χ3n) is 3.71. The van der Waals surface area contributed by atoms with Crippen molar-refractivity contribution in [1.29, 1.82) is 0 Å². The van der Waals surface area contributed by atoms with E-state index in [-0.39, 0.29) is 23.9 Å². The maximum Gasteiger partial charge on any atom is 0.285 e. The zero-order chi connectivity index (χ0) is 18.5. The second-order valence-electron chi connectivity index (χ2n) is 5.64. The minimum Gasteiger partial charge on any atom is -0.388 e. The van der Waals surface area contributed by atoms with Gasteiger partial charge in [-0.1, -0.05) is 41.0 Å². The van der Waals surface area contributed by atoms with Gasteiger partial charge in [0.2, 0.25) is 5.89 Å². The molecular formula is C17H17ClN4O4. The van der Waals surface area contributed by atoms with E-state index in [9.17, 15) is 9.90 Å². The van der Waals surface area contributed by atoms with Crippen LogP contribution in [0.1, 0.15) is 28.9 Å². The van der Waals surface area contributed by atoms with Gasteiger partial charge in [-0.25, -0.2) is 4.68 Å². The van der Waals surface area contributed by atoms with Crippen molar-refractivity contribution < 1.29 is 14.4 Å². The maximum atomic E-state index is 11.8. The van der Waals surface area contributed by atoms with Gasteiger partial charge in [0, 0.05) is 19.7 Å². The molecule has 8 nitrogen and oxygen atoms in total. The lowest BCUT2D eigenvalue weighted by atomic mass is 10.0. The summed E-state index contributed by atoms with van der Waals surface area (Å²) in [7, 11) is 1.63. The van der Waals surface area contributed by atoms with Gasteiger partial charge < -0.3 is 14.4 Å². The van der Waals surface area contributed by atoms with Crippen molar-refractivity contribution in [1.82, 2.24) is 19.9 Å². The van der Waals surface area contributed by atoms with Crippen LogP contribution in [0.15, 0.2) is 45.8 Å². The van der Waals surface area contributed by atoms with Crippen LogP contribution >= 0.6 is 11.6 Å². The Kier molecular flexibility index (Phi) is 5.77. The minimum absolute atomic E-state index is 0.00814. The van der Waals surface area contributed by atoms with Gasteiger partial charge in [0.1, 0.15) is 11.6 Å². The summed E-state index contributed by atoms with van der Waals surface area (Å²) in [6, 6.07) is 8.85. The number of hydrogen-bond donors (Lipinski definition) is 1. The third-order valence-corrected chi connectivity index (χ3v) is 4.00.